The second-order valence-corrected chi connectivity index (χ2v) is 6.65. The number of nitrogens with zero attached hydrogens (tertiary/aromatic N) is 3. The van der Waals surface area contributed by atoms with Gasteiger partial charge < -0.3 is 5.73 Å². The van der Waals surface area contributed by atoms with Gasteiger partial charge in [0.05, 0.1) is 0 Å². The highest BCUT2D eigenvalue weighted by molar-refractivity contribution is 9.10. The number of sulfonamides is 1. The molecule has 1 heterocycles. The molecular formula is C10H10BrN5O2S2. The standard InChI is InChI=1S/C10H10BrN5O2S2/c1-16-10(8(11)13-15-16)20(17,18)14-7-4-2-3-6(5-7)9(12)19/h2-5,14H,1H3,(H2,12,19). The lowest BCUT2D eigenvalue weighted by atomic mass is 10.2. The van der Waals surface area contributed by atoms with Gasteiger partial charge in [-0.15, -0.1) is 5.10 Å². The minimum absolute atomic E-state index is 0.0711. The van der Waals surface area contributed by atoms with Crippen molar-refractivity contribution in [1.82, 2.24) is 15.0 Å². The number of aryl methyl sites for hydroxylation is 1. The fourth-order valence-electron chi connectivity index (χ4n) is 1.55. The normalized spacial score (nSPS) is 11.3. The topological polar surface area (TPSA) is 103 Å². The average molecular weight is 376 g/mol. The van der Waals surface area contributed by atoms with Crippen molar-refractivity contribution in [3.63, 3.8) is 0 Å². The van der Waals surface area contributed by atoms with Crippen LogP contribution in [0.4, 0.5) is 5.69 Å². The first-order valence-electron chi connectivity index (χ1n) is 5.29. The molecule has 2 rings (SSSR count). The molecule has 106 valence electrons. The van der Waals surface area contributed by atoms with Crippen molar-refractivity contribution in [2.75, 3.05) is 4.72 Å². The second kappa shape index (κ2) is 5.46. The van der Waals surface area contributed by atoms with Crippen molar-refractivity contribution in [1.29, 1.82) is 0 Å². The van der Waals surface area contributed by atoms with Gasteiger partial charge in [0.15, 0.2) is 4.60 Å². The average Bonchev–Trinajstić information content (AvgIpc) is 2.69. The van der Waals surface area contributed by atoms with Gasteiger partial charge in [-0.2, -0.15) is 8.42 Å². The Bertz CT molecular complexity index is 752. The zero-order valence-corrected chi connectivity index (χ0v) is 13.5. The highest BCUT2D eigenvalue weighted by Gasteiger charge is 2.24. The van der Waals surface area contributed by atoms with Crippen molar-refractivity contribution in [3.8, 4) is 0 Å². The Balaban J connectivity index is 2.39. The summed E-state index contributed by atoms with van der Waals surface area (Å²) in [7, 11) is -2.33. The molecule has 20 heavy (non-hydrogen) atoms. The van der Waals surface area contributed by atoms with Gasteiger partial charge >= 0.3 is 0 Å². The van der Waals surface area contributed by atoms with E-state index in [0.717, 1.165) is 4.68 Å². The van der Waals surface area contributed by atoms with Crippen LogP contribution >= 0.6 is 28.1 Å². The van der Waals surface area contributed by atoms with Crippen LogP contribution in [0.3, 0.4) is 0 Å². The summed E-state index contributed by atoms with van der Waals surface area (Å²) >= 11 is 7.90. The van der Waals surface area contributed by atoms with Crippen molar-refractivity contribution in [3.05, 3.63) is 34.4 Å². The Morgan fingerprint density at radius 3 is 2.75 bits per heavy atom. The van der Waals surface area contributed by atoms with E-state index < -0.39 is 10.0 Å². The van der Waals surface area contributed by atoms with Crippen LogP contribution in [0.2, 0.25) is 0 Å². The molecule has 0 saturated heterocycles. The Hall–Kier alpha value is -1.52. The van der Waals surface area contributed by atoms with Crippen LogP contribution in [0.1, 0.15) is 5.56 Å². The number of halogens is 1. The molecule has 3 N–H and O–H groups in total. The molecule has 0 atom stereocenters. The fraction of sp³-hybridized carbons (Fsp3) is 0.100. The fourth-order valence-corrected chi connectivity index (χ4v) is 3.82. The summed E-state index contributed by atoms with van der Waals surface area (Å²) in [6.45, 7) is 0. The summed E-state index contributed by atoms with van der Waals surface area (Å²) in [5.41, 5.74) is 6.43. The number of nitrogens with two attached hydrogens (primary N) is 1. The van der Waals surface area contributed by atoms with Crippen molar-refractivity contribution < 1.29 is 8.42 Å². The summed E-state index contributed by atoms with van der Waals surface area (Å²) in [4.78, 5) is 0.189. The molecule has 1 aromatic carbocycles. The van der Waals surface area contributed by atoms with Crippen LogP contribution in [0.15, 0.2) is 33.9 Å². The maximum absolute atomic E-state index is 12.3. The zero-order chi connectivity index (χ0) is 14.9. The number of rotatable bonds is 4. The minimum Gasteiger partial charge on any atom is -0.389 e. The highest BCUT2D eigenvalue weighted by Crippen LogP contribution is 2.21. The first-order chi connectivity index (χ1) is 9.31. The summed E-state index contributed by atoms with van der Waals surface area (Å²) in [5.74, 6) is 0. The molecule has 0 aliphatic carbocycles. The van der Waals surface area contributed by atoms with E-state index in [4.69, 9.17) is 18.0 Å². The van der Waals surface area contributed by atoms with Crippen LogP contribution in [0.5, 0.6) is 0 Å². The Labute approximate surface area is 129 Å². The van der Waals surface area contributed by atoms with E-state index in [-0.39, 0.29) is 14.6 Å². The van der Waals surface area contributed by atoms with Gasteiger partial charge in [0.2, 0.25) is 5.03 Å². The molecule has 7 nitrogen and oxygen atoms in total. The lowest BCUT2D eigenvalue weighted by Crippen LogP contribution is -2.18. The smallest absolute Gasteiger partial charge is 0.281 e. The molecule has 0 saturated carbocycles. The molecule has 1 aromatic heterocycles. The molecule has 0 aliphatic heterocycles. The molecule has 0 amide bonds. The van der Waals surface area contributed by atoms with Gasteiger partial charge in [-0.05, 0) is 28.1 Å². The lowest BCUT2D eigenvalue weighted by molar-refractivity contribution is 0.578. The van der Waals surface area contributed by atoms with Crippen molar-refractivity contribution >= 4 is 48.8 Å². The zero-order valence-electron chi connectivity index (χ0n) is 10.2. The van der Waals surface area contributed by atoms with Crippen LogP contribution in [-0.2, 0) is 17.1 Å². The predicted octanol–water partition coefficient (Wildman–Crippen LogP) is 1.01. The predicted molar refractivity (Wildman–Crippen MR) is 81.8 cm³/mol. The van der Waals surface area contributed by atoms with Gasteiger partial charge in [-0.25, -0.2) is 4.68 Å². The summed E-state index contributed by atoms with van der Waals surface area (Å²) in [6, 6.07) is 6.50. The van der Waals surface area contributed by atoms with Gasteiger partial charge in [-0.1, -0.05) is 29.6 Å². The maximum Gasteiger partial charge on any atom is 0.281 e. The van der Waals surface area contributed by atoms with Gasteiger partial charge in [-0.3, -0.25) is 4.72 Å². The third kappa shape index (κ3) is 2.97. The highest BCUT2D eigenvalue weighted by atomic mass is 79.9. The van der Waals surface area contributed by atoms with E-state index in [2.05, 4.69) is 31.0 Å². The number of hydrogen-bond donors (Lipinski definition) is 2. The molecule has 0 aliphatic rings. The molecule has 0 radical (unpaired) electrons. The minimum atomic E-state index is -3.82. The van der Waals surface area contributed by atoms with Crippen molar-refractivity contribution in [2.45, 2.75) is 5.03 Å². The van der Waals surface area contributed by atoms with E-state index in [1.807, 2.05) is 0 Å². The molecule has 0 spiro atoms. The number of aromatic nitrogens is 3. The van der Waals surface area contributed by atoms with Crippen molar-refractivity contribution in [2.24, 2.45) is 12.8 Å². The molecule has 0 fully saturated rings. The van der Waals surface area contributed by atoms with E-state index >= 15 is 0 Å². The Kier molecular flexibility index (Phi) is 4.06. The largest absolute Gasteiger partial charge is 0.389 e. The number of thiocarbonyl (C=S) groups is 1. The van der Waals surface area contributed by atoms with E-state index in [1.54, 1.807) is 24.3 Å². The Morgan fingerprint density at radius 2 is 2.20 bits per heavy atom. The quantitative estimate of drug-likeness (QED) is 0.773. The first kappa shape index (κ1) is 14.9. The van der Waals surface area contributed by atoms with Crippen LogP contribution in [-0.4, -0.2) is 28.4 Å². The SMILES string of the molecule is Cn1nnc(Br)c1S(=O)(=O)Nc1cccc(C(N)=S)c1. The monoisotopic (exact) mass is 375 g/mol. The summed E-state index contributed by atoms with van der Waals surface area (Å²) in [5, 5.41) is 7.20. The van der Waals surface area contributed by atoms with Gasteiger partial charge in [0.1, 0.15) is 4.99 Å². The first-order valence-corrected chi connectivity index (χ1v) is 7.97. The number of hydrogen-bond acceptors (Lipinski definition) is 5. The van der Waals surface area contributed by atoms with Crippen LogP contribution in [0, 0.1) is 0 Å². The molecule has 0 unspecified atom stereocenters. The maximum atomic E-state index is 12.3. The summed E-state index contributed by atoms with van der Waals surface area (Å²) < 4.78 is 28.3. The lowest BCUT2D eigenvalue weighted by Gasteiger charge is -2.09. The number of benzene rings is 1. The third-order valence-electron chi connectivity index (χ3n) is 2.39. The number of nitrogens with one attached hydrogen (secondary N) is 1. The van der Waals surface area contributed by atoms with Gasteiger partial charge in [0.25, 0.3) is 10.0 Å². The van der Waals surface area contributed by atoms with Crippen LogP contribution in [0.25, 0.3) is 0 Å². The molecule has 0 bridgehead atoms. The van der Waals surface area contributed by atoms with Gasteiger partial charge in [0, 0.05) is 18.3 Å². The van der Waals surface area contributed by atoms with E-state index in [9.17, 15) is 8.42 Å². The number of anilines is 1. The summed E-state index contributed by atoms with van der Waals surface area (Å²) in [6.07, 6.45) is 0. The molecule has 10 heteroatoms. The Morgan fingerprint density at radius 1 is 1.50 bits per heavy atom. The third-order valence-corrected chi connectivity index (χ3v) is 4.89. The second-order valence-electron chi connectivity index (χ2n) is 3.86. The van der Waals surface area contributed by atoms with Crippen LogP contribution < -0.4 is 10.5 Å². The van der Waals surface area contributed by atoms with E-state index in [1.165, 1.54) is 7.05 Å². The van der Waals surface area contributed by atoms with E-state index in [0.29, 0.717) is 11.3 Å². The molecular weight excluding hydrogens is 366 g/mol. The molecule has 2 aromatic rings.